The highest BCUT2D eigenvalue weighted by molar-refractivity contribution is 7.90. The van der Waals surface area contributed by atoms with Crippen LogP contribution >= 0.6 is 11.6 Å². The highest BCUT2D eigenvalue weighted by Gasteiger charge is 2.44. The molecule has 0 saturated heterocycles. The maximum absolute atomic E-state index is 13.7. The summed E-state index contributed by atoms with van der Waals surface area (Å²) in [4.78, 5) is 28.9. The molecule has 0 aromatic heterocycles. The number of allylic oxidation sites excluding steroid dienone is 1. The molecule has 258 valence electrons. The van der Waals surface area contributed by atoms with E-state index in [4.69, 9.17) is 16.3 Å². The van der Waals surface area contributed by atoms with E-state index >= 15 is 0 Å². The lowest BCUT2D eigenvalue weighted by molar-refractivity contribution is -0.116. The minimum atomic E-state index is -4.27. The molecular formula is C38H42ClN3O6S. The number of fused-ring (bicyclic) bond motifs is 4. The highest BCUT2D eigenvalue weighted by Crippen LogP contribution is 2.46. The van der Waals surface area contributed by atoms with Crippen LogP contribution in [0.3, 0.4) is 0 Å². The number of carbonyl (C=O) groups is 2. The molecule has 0 unspecified atom stereocenters. The van der Waals surface area contributed by atoms with Gasteiger partial charge < -0.3 is 20.1 Å². The van der Waals surface area contributed by atoms with Crippen molar-refractivity contribution in [1.82, 2.24) is 4.72 Å². The lowest BCUT2D eigenvalue weighted by Gasteiger charge is -2.45. The van der Waals surface area contributed by atoms with Crippen molar-refractivity contribution < 1.29 is 27.9 Å². The SMILES string of the molecule is O=C(C[C@@H]1CC/C=C/[C@H](O)[C@@H]2CC[C@H]2CN2C[C@@]3(CCCc4cc(Cl)ccc43)COc3ccc(cc32)C(=O)NS1(=O)=O)Nc1ccccc1. The van der Waals surface area contributed by atoms with E-state index in [1.54, 1.807) is 54.6 Å². The van der Waals surface area contributed by atoms with Crippen LogP contribution in [0.2, 0.25) is 5.02 Å². The number of sulfonamides is 1. The molecule has 2 heterocycles. The Morgan fingerprint density at radius 1 is 1.08 bits per heavy atom. The van der Waals surface area contributed by atoms with Gasteiger partial charge in [-0.15, -0.1) is 0 Å². The van der Waals surface area contributed by atoms with Crippen LogP contribution in [0.4, 0.5) is 11.4 Å². The maximum Gasteiger partial charge on any atom is 0.264 e. The van der Waals surface area contributed by atoms with E-state index in [1.165, 1.54) is 11.1 Å². The summed E-state index contributed by atoms with van der Waals surface area (Å²) >= 11 is 6.41. The van der Waals surface area contributed by atoms with Crippen molar-refractivity contribution in [1.29, 1.82) is 0 Å². The molecule has 5 atom stereocenters. The van der Waals surface area contributed by atoms with Gasteiger partial charge in [-0.2, -0.15) is 0 Å². The van der Waals surface area contributed by atoms with Gasteiger partial charge in [-0.05, 0) is 110 Å². The Bertz CT molecular complexity index is 1870. The molecule has 1 saturated carbocycles. The Kier molecular flexibility index (Phi) is 9.47. The predicted octanol–water partition coefficient (Wildman–Crippen LogP) is 6.01. The average Bonchev–Trinajstić information content (AvgIpc) is 3.21. The van der Waals surface area contributed by atoms with E-state index in [1.807, 2.05) is 12.1 Å². The fourth-order valence-electron chi connectivity index (χ4n) is 8.05. The Morgan fingerprint density at radius 2 is 1.92 bits per heavy atom. The molecule has 3 aromatic carbocycles. The average molecular weight is 704 g/mol. The largest absolute Gasteiger partial charge is 0.490 e. The Balaban J connectivity index is 1.22. The van der Waals surface area contributed by atoms with E-state index in [2.05, 4.69) is 27.1 Å². The normalized spacial score (nSPS) is 28.4. The van der Waals surface area contributed by atoms with E-state index in [0.29, 0.717) is 42.6 Å². The molecule has 1 fully saturated rings. The van der Waals surface area contributed by atoms with E-state index < -0.39 is 33.2 Å². The van der Waals surface area contributed by atoms with Crippen LogP contribution in [0.15, 0.2) is 78.9 Å². The molecule has 7 rings (SSSR count). The molecule has 49 heavy (non-hydrogen) atoms. The summed E-state index contributed by atoms with van der Waals surface area (Å²) in [6.07, 6.45) is 7.69. The molecule has 9 nitrogen and oxygen atoms in total. The zero-order valence-electron chi connectivity index (χ0n) is 27.3. The minimum Gasteiger partial charge on any atom is -0.490 e. The van der Waals surface area contributed by atoms with Gasteiger partial charge in [0, 0.05) is 41.2 Å². The number of para-hydroxylation sites is 1. The first-order valence-electron chi connectivity index (χ1n) is 17.2. The molecule has 0 radical (unpaired) electrons. The van der Waals surface area contributed by atoms with Crippen molar-refractivity contribution in [2.45, 2.75) is 68.1 Å². The van der Waals surface area contributed by atoms with Gasteiger partial charge in [0.15, 0.2) is 0 Å². The number of ether oxygens (including phenoxy) is 1. The van der Waals surface area contributed by atoms with E-state index in [0.717, 1.165) is 37.8 Å². The lowest BCUT2D eigenvalue weighted by Crippen LogP contribution is -2.49. The van der Waals surface area contributed by atoms with Crippen LogP contribution in [0.5, 0.6) is 5.75 Å². The fraction of sp³-hybridized carbons (Fsp3) is 0.421. The van der Waals surface area contributed by atoms with Crippen LogP contribution < -0.4 is 19.7 Å². The molecule has 11 heteroatoms. The number of hydrogen-bond acceptors (Lipinski definition) is 7. The van der Waals surface area contributed by atoms with Gasteiger partial charge >= 0.3 is 0 Å². The number of aliphatic hydroxyl groups excluding tert-OH is 1. The zero-order chi connectivity index (χ0) is 34.2. The van der Waals surface area contributed by atoms with Gasteiger partial charge in [-0.3, -0.25) is 9.59 Å². The number of rotatable bonds is 3. The van der Waals surface area contributed by atoms with Gasteiger partial charge in [0.2, 0.25) is 15.9 Å². The van der Waals surface area contributed by atoms with Gasteiger partial charge in [0.05, 0.1) is 23.6 Å². The zero-order valence-corrected chi connectivity index (χ0v) is 28.9. The van der Waals surface area contributed by atoms with Gasteiger partial charge in [-0.1, -0.05) is 48.0 Å². The number of anilines is 2. The molecule has 2 bridgehead atoms. The quantitative estimate of drug-likeness (QED) is 0.286. The number of halogens is 1. The van der Waals surface area contributed by atoms with Crippen LogP contribution in [-0.2, 0) is 26.7 Å². The summed E-state index contributed by atoms with van der Waals surface area (Å²) < 4.78 is 36.3. The Hall–Kier alpha value is -3.86. The molecule has 1 spiro atoms. The topological polar surface area (TPSA) is 125 Å². The summed E-state index contributed by atoms with van der Waals surface area (Å²) in [6, 6.07) is 20.0. The van der Waals surface area contributed by atoms with Crippen LogP contribution in [0.25, 0.3) is 0 Å². The first-order valence-corrected chi connectivity index (χ1v) is 19.1. The predicted molar refractivity (Wildman–Crippen MR) is 191 cm³/mol. The van der Waals surface area contributed by atoms with E-state index in [-0.39, 0.29) is 35.7 Å². The number of nitrogens with one attached hydrogen (secondary N) is 2. The third kappa shape index (κ3) is 7.09. The second-order valence-electron chi connectivity index (χ2n) is 14.0. The first-order chi connectivity index (χ1) is 23.6. The van der Waals surface area contributed by atoms with Gasteiger partial charge in [-0.25, -0.2) is 13.1 Å². The number of benzene rings is 3. The Labute approximate surface area is 292 Å². The number of amides is 2. The lowest BCUT2D eigenvalue weighted by atomic mass is 9.68. The van der Waals surface area contributed by atoms with Crippen LogP contribution in [0.1, 0.15) is 66.4 Å². The third-order valence-corrected chi connectivity index (χ3v) is 12.8. The van der Waals surface area contributed by atoms with Crippen molar-refractivity contribution in [3.05, 3.63) is 101 Å². The molecular weight excluding hydrogens is 662 g/mol. The van der Waals surface area contributed by atoms with Crippen molar-refractivity contribution in [3.63, 3.8) is 0 Å². The van der Waals surface area contributed by atoms with Gasteiger partial charge in [0.25, 0.3) is 5.91 Å². The second kappa shape index (κ2) is 13.8. The third-order valence-electron chi connectivity index (χ3n) is 10.8. The number of hydrogen-bond donors (Lipinski definition) is 3. The number of aryl methyl sites for hydroxylation is 1. The fourth-order valence-corrected chi connectivity index (χ4v) is 9.60. The van der Waals surface area contributed by atoms with Crippen LogP contribution in [-0.4, -0.2) is 56.4 Å². The number of aliphatic hydroxyl groups is 1. The highest BCUT2D eigenvalue weighted by atomic mass is 35.5. The van der Waals surface area contributed by atoms with Crippen molar-refractivity contribution in [2.24, 2.45) is 11.8 Å². The number of carbonyl (C=O) groups excluding carboxylic acids is 2. The summed E-state index contributed by atoms with van der Waals surface area (Å²) in [6.45, 7) is 1.77. The molecule has 2 aliphatic carbocycles. The molecule has 3 aromatic rings. The van der Waals surface area contributed by atoms with Gasteiger partial charge in [0.1, 0.15) is 5.75 Å². The Morgan fingerprint density at radius 3 is 2.71 bits per heavy atom. The first kappa shape index (κ1) is 33.6. The maximum atomic E-state index is 13.7. The van der Waals surface area contributed by atoms with Crippen molar-refractivity contribution in [2.75, 3.05) is 29.9 Å². The summed E-state index contributed by atoms with van der Waals surface area (Å²) in [5.74, 6) is -0.329. The minimum absolute atomic E-state index is 0.0489. The summed E-state index contributed by atoms with van der Waals surface area (Å²) in [5, 5.41) is 13.5. The van der Waals surface area contributed by atoms with Crippen LogP contribution in [0, 0.1) is 11.8 Å². The van der Waals surface area contributed by atoms with Crippen molar-refractivity contribution >= 4 is 44.8 Å². The molecule has 2 amide bonds. The summed E-state index contributed by atoms with van der Waals surface area (Å²) in [7, 11) is -4.27. The molecule has 3 N–H and O–H groups in total. The smallest absolute Gasteiger partial charge is 0.264 e. The standard InChI is InChI=1S/C38H42ClN3O6S/c39-28-14-16-32-25(19-28)7-6-18-38(32)23-42-22-27-12-15-31(27)34(43)11-5-4-10-30(21-36(44)40-29-8-2-1-3-9-29)49(46,47)41-37(45)26-13-17-35(48-24-38)33(42)20-26/h1-3,5,8-9,11,13-14,16-17,19-20,27,30-31,34,43H,4,6-7,10,12,15,18,21-24H2,(H,40,44)(H,41,45)/b11-5+/t27-,30-,31+,34-,38-/m0/s1. The molecule has 4 aliphatic rings. The second-order valence-corrected chi connectivity index (χ2v) is 16.4. The molecule has 2 aliphatic heterocycles. The van der Waals surface area contributed by atoms with E-state index in [9.17, 15) is 23.1 Å². The van der Waals surface area contributed by atoms with Crippen molar-refractivity contribution in [3.8, 4) is 5.75 Å². The number of nitrogens with zero attached hydrogens (tertiary/aromatic N) is 1. The monoisotopic (exact) mass is 703 g/mol. The summed E-state index contributed by atoms with van der Waals surface area (Å²) in [5.41, 5.74) is 3.61.